The zero-order chi connectivity index (χ0) is 22.0. The Morgan fingerprint density at radius 2 is 1.71 bits per heavy atom. The first kappa shape index (κ1) is 20.3. The van der Waals surface area contributed by atoms with Crippen molar-refractivity contribution in [1.29, 1.82) is 0 Å². The lowest BCUT2D eigenvalue weighted by atomic mass is 9.87. The normalized spacial score (nSPS) is 11.9. The second-order valence-corrected chi connectivity index (χ2v) is 7.13. The molecule has 7 nitrogen and oxygen atoms in total. The van der Waals surface area contributed by atoms with Crippen molar-refractivity contribution in [3.63, 3.8) is 0 Å². The molecule has 0 aliphatic rings. The standard InChI is InChI=1S/C24H22N2O5/c1-30-17-12-13-18(22(14-17)31-2)20(15-25(27)28)23-19-10-6-7-11-21(19)26(29)24(23)16-8-4-3-5-9-16/h3-14,20,29H,15H2,1-2H3. The van der Waals surface area contributed by atoms with Gasteiger partial charge in [0.2, 0.25) is 6.54 Å². The van der Waals surface area contributed by atoms with Crippen LogP contribution in [0.15, 0.2) is 72.8 Å². The predicted octanol–water partition coefficient (Wildman–Crippen LogP) is 4.97. The van der Waals surface area contributed by atoms with Crippen LogP contribution in [0.4, 0.5) is 0 Å². The molecule has 0 aliphatic carbocycles. The van der Waals surface area contributed by atoms with Gasteiger partial charge < -0.3 is 14.7 Å². The molecule has 1 N–H and O–H groups in total. The van der Waals surface area contributed by atoms with Crippen LogP contribution in [-0.4, -0.2) is 35.6 Å². The van der Waals surface area contributed by atoms with Crippen molar-refractivity contribution in [2.75, 3.05) is 20.8 Å². The van der Waals surface area contributed by atoms with Crippen LogP contribution in [0.5, 0.6) is 11.5 Å². The minimum atomic E-state index is -0.663. The van der Waals surface area contributed by atoms with Crippen LogP contribution in [0.2, 0.25) is 0 Å². The summed E-state index contributed by atoms with van der Waals surface area (Å²) in [4.78, 5) is 11.4. The van der Waals surface area contributed by atoms with E-state index in [1.54, 1.807) is 31.4 Å². The van der Waals surface area contributed by atoms with E-state index in [1.165, 1.54) is 7.11 Å². The molecule has 0 amide bonds. The molecule has 4 rings (SSSR count). The number of ether oxygens (including phenoxy) is 2. The summed E-state index contributed by atoms with van der Waals surface area (Å²) in [6.07, 6.45) is 0. The Hall–Kier alpha value is -4.00. The van der Waals surface area contributed by atoms with E-state index in [0.29, 0.717) is 33.8 Å². The van der Waals surface area contributed by atoms with Crippen LogP contribution < -0.4 is 9.47 Å². The van der Waals surface area contributed by atoms with E-state index < -0.39 is 5.92 Å². The summed E-state index contributed by atoms with van der Waals surface area (Å²) in [6.45, 7) is -0.365. The molecule has 7 heteroatoms. The number of para-hydroxylation sites is 1. The van der Waals surface area contributed by atoms with Gasteiger partial charge in [-0.05, 0) is 12.1 Å². The number of methoxy groups -OCH3 is 2. The second-order valence-electron chi connectivity index (χ2n) is 7.13. The van der Waals surface area contributed by atoms with E-state index in [1.807, 2.05) is 48.5 Å². The summed E-state index contributed by atoms with van der Waals surface area (Å²) >= 11 is 0. The summed E-state index contributed by atoms with van der Waals surface area (Å²) in [5.41, 5.74) is 3.18. The van der Waals surface area contributed by atoms with Crippen molar-refractivity contribution in [3.05, 3.63) is 94.0 Å². The van der Waals surface area contributed by atoms with Crippen molar-refractivity contribution in [2.24, 2.45) is 0 Å². The quantitative estimate of drug-likeness (QED) is 0.260. The van der Waals surface area contributed by atoms with Crippen molar-refractivity contribution in [2.45, 2.75) is 5.92 Å². The fraction of sp³-hybridized carbons (Fsp3) is 0.167. The first-order valence-electron chi connectivity index (χ1n) is 9.77. The third-order valence-electron chi connectivity index (χ3n) is 5.43. The summed E-state index contributed by atoms with van der Waals surface area (Å²) in [5, 5.41) is 23.5. The monoisotopic (exact) mass is 418 g/mol. The van der Waals surface area contributed by atoms with Gasteiger partial charge in [0.15, 0.2) is 0 Å². The molecule has 158 valence electrons. The molecule has 3 aromatic carbocycles. The fourth-order valence-electron chi connectivity index (χ4n) is 4.08. The molecule has 0 radical (unpaired) electrons. The highest BCUT2D eigenvalue weighted by Gasteiger charge is 2.31. The van der Waals surface area contributed by atoms with Gasteiger partial charge in [-0.25, -0.2) is 0 Å². The van der Waals surface area contributed by atoms with Crippen molar-refractivity contribution >= 4 is 10.9 Å². The molecular weight excluding hydrogens is 396 g/mol. The SMILES string of the molecule is COc1ccc(C(C[N+](=O)[O-])c2c(-c3ccccc3)n(O)c3ccccc23)c(OC)c1. The molecule has 31 heavy (non-hydrogen) atoms. The minimum absolute atomic E-state index is 0.341. The van der Waals surface area contributed by atoms with E-state index in [9.17, 15) is 15.3 Å². The van der Waals surface area contributed by atoms with E-state index >= 15 is 0 Å². The molecule has 1 heterocycles. The first-order chi connectivity index (χ1) is 15.0. The van der Waals surface area contributed by atoms with Crippen molar-refractivity contribution in [1.82, 2.24) is 4.73 Å². The number of aromatic nitrogens is 1. The van der Waals surface area contributed by atoms with Gasteiger partial charge in [-0.1, -0.05) is 54.6 Å². The van der Waals surface area contributed by atoms with E-state index in [0.717, 1.165) is 15.7 Å². The molecule has 1 aromatic heterocycles. The van der Waals surface area contributed by atoms with Gasteiger partial charge in [0.05, 0.1) is 31.3 Å². The number of benzene rings is 3. The van der Waals surface area contributed by atoms with Crippen LogP contribution in [0.3, 0.4) is 0 Å². The zero-order valence-electron chi connectivity index (χ0n) is 17.2. The smallest absolute Gasteiger partial charge is 0.214 e. The average Bonchev–Trinajstić information content (AvgIpc) is 3.10. The molecule has 1 unspecified atom stereocenters. The maximum atomic E-state index is 11.7. The first-order valence-corrected chi connectivity index (χ1v) is 9.77. The number of hydrogen-bond donors (Lipinski definition) is 1. The van der Waals surface area contributed by atoms with Crippen molar-refractivity contribution < 1.29 is 19.6 Å². The van der Waals surface area contributed by atoms with Crippen molar-refractivity contribution in [3.8, 4) is 22.8 Å². The topological polar surface area (TPSA) is 86.8 Å². The number of hydrogen-bond acceptors (Lipinski definition) is 5. The molecule has 0 spiro atoms. The summed E-state index contributed by atoms with van der Waals surface area (Å²) in [7, 11) is 3.07. The largest absolute Gasteiger partial charge is 0.497 e. The Bertz CT molecular complexity index is 1230. The van der Waals surface area contributed by atoms with Crippen LogP contribution in [0.1, 0.15) is 17.0 Å². The highest BCUT2D eigenvalue weighted by Crippen LogP contribution is 2.43. The Labute approximate surface area is 179 Å². The van der Waals surface area contributed by atoms with Crippen LogP contribution in [0.25, 0.3) is 22.2 Å². The van der Waals surface area contributed by atoms with Gasteiger partial charge in [-0.3, -0.25) is 10.1 Å². The average molecular weight is 418 g/mol. The highest BCUT2D eigenvalue weighted by molar-refractivity contribution is 5.92. The zero-order valence-corrected chi connectivity index (χ0v) is 17.2. The lowest BCUT2D eigenvalue weighted by Crippen LogP contribution is -2.16. The molecular formula is C24H22N2O5. The number of nitrogens with zero attached hydrogens (tertiary/aromatic N) is 2. The lowest BCUT2D eigenvalue weighted by Gasteiger charge is -2.19. The Morgan fingerprint density at radius 1 is 1.00 bits per heavy atom. The Kier molecular flexibility index (Phi) is 5.49. The molecule has 4 aromatic rings. The van der Waals surface area contributed by atoms with Crippen LogP contribution in [0, 0.1) is 10.1 Å². The predicted molar refractivity (Wildman–Crippen MR) is 118 cm³/mol. The Balaban J connectivity index is 2.05. The van der Waals surface area contributed by atoms with E-state index in [2.05, 4.69) is 0 Å². The summed E-state index contributed by atoms with van der Waals surface area (Å²) in [6, 6.07) is 22.0. The number of nitro groups is 1. The third-order valence-corrected chi connectivity index (χ3v) is 5.43. The third kappa shape index (κ3) is 3.66. The molecule has 0 aliphatic heterocycles. The number of fused-ring (bicyclic) bond motifs is 1. The van der Waals surface area contributed by atoms with E-state index in [4.69, 9.17) is 9.47 Å². The van der Waals surface area contributed by atoms with Gasteiger partial charge in [0.1, 0.15) is 11.5 Å². The summed E-state index contributed by atoms with van der Waals surface area (Å²) < 4.78 is 12.0. The minimum Gasteiger partial charge on any atom is -0.497 e. The van der Waals surface area contributed by atoms with Crippen LogP contribution in [-0.2, 0) is 0 Å². The van der Waals surface area contributed by atoms with Crippen LogP contribution >= 0.6 is 0 Å². The van der Waals surface area contributed by atoms with Gasteiger partial charge in [0.25, 0.3) is 0 Å². The number of rotatable bonds is 7. The maximum absolute atomic E-state index is 11.7. The second kappa shape index (κ2) is 8.39. The van der Waals surface area contributed by atoms with Gasteiger partial charge in [-0.15, -0.1) is 0 Å². The van der Waals surface area contributed by atoms with Gasteiger partial charge >= 0.3 is 0 Å². The summed E-state index contributed by atoms with van der Waals surface area (Å²) in [5.74, 6) is 0.415. The molecule has 0 bridgehead atoms. The van der Waals surface area contributed by atoms with Gasteiger partial charge in [-0.2, -0.15) is 4.73 Å². The van der Waals surface area contributed by atoms with E-state index in [-0.39, 0.29) is 11.5 Å². The molecule has 0 saturated heterocycles. The lowest BCUT2D eigenvalue weighted by molar-refractivity contribution is -0.481. The molecule has 1 atom stereocenters. The highest BCUT2D eigenvalue weighted by atomic mass is 16.6. The van der Waals surface area contributed by atoms with Gasteiger partial charge in [0, 0.05) is 33.1 Å². The fourth-order valence-corrected chi connectivity index (χ4v) is 4.08. The molecule has 0 fully saturated rings. The Morgan fingerprint density at radius 3 is 2.39 bits per heavy atom. The molecule has 0 saturated carbocycles. The maximum Gasteiger partial charge on any atom is 0.214 e.